The summed E-state index contributed by atoms with van der Waals surface area (Å²) >= 11 is 0. The standard InChI is InChI=1S/C16H12FN3O/c1-20-13-5-3-4-11(9-18)15(13)19-16(20)10-6-7-14(21-2)12(17)8-10/h3-8H,1-2H3. The van der Waals surface area contributed by atoms with Gasteiger partial charge in [0, 0.05) is 12.6 Å². The number of hydrogen-bond acceptors (Lipinski definition) is 3. The lowest BCUT2D eigenvalue weighted by Crippen LogP contribution is -1.94. The van der Waals surface area contributed by atoms with E-state index < -0.39 is 5.82 Å². The number of rotatable bonds is 2. The molecule has 1 aromatic heterocycles. The quantitative estimate of drug-likeness (QED) is 0.724. The number of halogens is 1. The molecule has 104 valence electrons. The minimum absolute atomic E-state index is 0.190. The van der Waals surface area contributed by atoms with Gasteiger partial charge in [-0.15, -0.1) is 0 Å². The van der Waals surface area contributed by atoms with Gasteiger partial charge in [0.15, 0.2) is 11.6 Å². The highest BCUT2D eigenvalue weighted by molar-refractivity contribution is 5.85. The van der Waals surface area contributed by atoms with Crippen LogP contribution in [0.4, 0.5) is 4.39 Å². The summed E-state index contributed by atoms with van der Waals surface area (Å²) in [6.45, 7) is 0. The molecule has 0 bridgehead atoms. The van der Waals surface area contributed by atoms with Gasteiger partial charge in [-0.1, -0.05) is 6.07 Å². The molecule has 0 aliphatic carbocycles. The van der Waals surface area contributed by atoms with Gasteiger partial charge in [0.05, 0.1) is 18.2 Å². The molecule has 0 saturated heterocycles. The third-order valence-corrected chi connectivity index (χ3v) is 3.44. The van der Waals surface area contributed by atoms with Crippen molar-refractivity contribution < 1.29 is 9.13 Å². The Labute approximate surface area is 121 Å². The van der Waals surface area contributed by atoms with Crippen LogP contribution in [-0.4, -0.2) is 16.7 Å². The van der Waals surface area contributed by atoms with E-state index in [4.69, 9.17) is 10.00 Å². The van der Waals surface area contributed by atoms with Crippen molar-refractivity contribution in [3.05, 3.63) is 47.8 Å². The molecular formula is C16H12FN3O. The van der Waals surface area contributed by atoms with Gasteiger partial charge >= 0.3 is 0 Å². The van der Waals surface area contributed by atoms with E-state index in [1.165, 1.54) is 13.2 Å². The summed E-state index contributed by atoms with van der Waals surface area (Å²) in [6, 6.07) is 12.2. The van der Waals surface area contributed by atoms with E-state index in [2.05, 4.69) is 11.1 Å². The van der Waals surface area contributed by atoms with Crippen LogP contribution in [0.2, 0.25) is 0 Å². The third-order valence-electron chi connectivity index (χ3n) is 3.44. The fraction of sp³-hybridized carbons (Fsp3) is 0.125. The number of methoxy groups -OCH3 is 1. The first-order valence-corrected chi connectivity index (χ1v) is 6.35. The topological polar surface area (TPSA) is 50.8 Å². The molecule has 5 heteroatoms. The summed E-state index contributed by atoms with van der Waals surface area (Å²) in [5.74, 6) is 0.354. The second kappa shape index (κ2) is 4.91. The summed E-state index contributed by atoms with van der Waals surface area (Å²) in [5, 5.41) is 9.14. The number of benzene rings is 2. The van der Waals surface area contributed by atoms with E-state index in [1.54, 1.807) is 24.3 Å². The molecule has 1 heterocycles. The maximum Gasteiger partial charge on any atom is 0.165 e. The summed E-state index contributed by atoms with van der Waals surface area (Å²) in [7, 11) is 3.26. The maximum absolute atomic E-state index is 13.9. The predicted octanol–water partition coefficient (Wildman–Crippen LogP) is 3.26. The number of para-hydroxylation sites is 1. The van der Waals surface area contributed by atoms with Crippen molar-refractivity contribution in [1.29, 1.82) is 5.26 Å². The number of nitriles is 1. The molecule has 2 aromatic carbocycles. The number of fused-ring (bicyclic) bond motifs is 1. The molecule has 0 aliphatic heterocycles. The van der Waals surface area contributed by atoms with Crippen molar-refractivity contribution in [3.63, 3.8) is 0 Å². The molecule has 0 saturated carbocycles. The van der Waals surface area contributed by atoms with Gasteiger partial charge in [-0.3, -0.25) is 0 Å². The van der Waals surface area contributed by atoms with Crippen LogP contribution in [0.5, 0.6) is 5.75 Å². The minimum atomic E-state index is -0.442. The van der Waals surface area contributed by atoms with Crippen LogP contribution < -0.4 is 4.74 Å². The molecule has 0 radical (unpaired) electrons. The van der Waals surface area contributed by atoms with E-state index in [0.29, 0.717) is 22.5 Å². The zero-order chi connectivity index (χ0) is 15.0. The zero-order valence-corrected chi connectivity index (χ0v) is 11.6. The lowest BCUT2D eigenvalue weighted by molar-refractivity contribution is 0.386. The fourth-order valence-electron chi connectivity index (χ4n) is 2.37. The van der Waals surface area contributed by atoms with Crippen LogP contribution in [0.3, 0.4) is 0 Å². The molecule has 3 aromatic rings. The first-order chi connectivity index (χ1) is 10.2. The number of aromatic nitrogens is 2. The van der Waals surface area contributed by atoms with Crippen LogP contribution in [0, 0.1) is 17.1 Å². The maximum atomic E-state index is 13.9. The Kier molecular flexibility index (Phi) is 3.07. The molecule has 0 amide bonds. The monoisotopic (exact) mass is 281 g/mol. The van der Waals surface area contributed by atoms with Crippen LogP contribution in [0.1, 0.15) is 5.56 Å². The van der Waals surface area contributed by atoms with Crippen LogP contribution in [-0.2, 0) is 7.05 Å². The number of aryl methyl sites for hydroxylation is 1. The van der Waals surface area contributed by atoms with E-state index in [-0.39, 0.29) is 5.75 Å². The van der Waals surface area contributed by atoms with Gasteiger partial charge in [-0.25, -0.2) is 9.37 Å². The average Bonchev–Trinajstić information content (AvgIpc) is 2.84. The van der Waals surface area contributed by atoms with Crippen LogP contribution in [0.25, 0.3) is 22.4 Å². The van der Waals surface area contributed by atoms with Gasteiger partial charge < -0.3 is 9.30 Å². The largest absolute Gasteiger partial charge is 0.494 e. The predicted molar refractivity (Wildman–Crippen MR) is 77.4 cm³/mol. The highest BCUT2D eigenvalue weighted by Gasteiger charge is 2.14. The molecule has 4 nitrogen and oxygen atoms in total. The Hall–Kier alpha value is -2.87. The smallest absolute Gasteiger partial charge is 0.165 e. The molecular weight excluding hydrogens is 269 g/mol. The van der Waals surface area contributed by atoms with Crippen molar-refractivity contribution in [2.75, 3.05) is 7.11 Å². The molecule has 0 aliphatic rings. The number of ether oxygens (including phenoxy) is 1. The Bertz CT molecular complexity index is 877. The fourth-order valence-corrected chi connectivity index (χ4v) is 2.37. The van der Waals surface area contributed by atoms with Gasteiger partial charge in [0.25, 0.3) is 0 Å². The Morgan fingerprint density at radius 2 is 2.10 bits per heavy atom. The molecule has 0 unspecified atom stereocenters. The summed E-state index contributed by atoms with van der Waals surface area (Å²) in [5.41, 5.74) is 2.59. The van der Waals surface area contributed by atoms with E-state index in [1.807, 2.05) is 17.7 Å². The molecule has 21 heavy (non-hydrogen) atoms. The Morgan fingerprint density at radius 3 is 2.76 bits per heavy atom. The van der Waals surface area contributed by atoms with Crippen LogP contribution in [0.15, 0.2) is 36.4 Å². The normalized spacial score (nSPS) is 10.6. The summed E-state index contributed by atoms with van der Waals surface area (Å²) in [6.07, 6.45) is 0. The van der Waals surface area contributed by atoms with Gasteiger partial charge in [0.1, 0.15) is 17.4 Å². The van der Waals surface area contributed by atoms with Crippen molar-refractivity contribution in [2.24, 2.45) is 7.05 Å². The Balaban J connectivity index is 2.24. The first kappa shape index (κ1) is 13.1. The second-order valence-corrected chi connectivity index (χ2v) is 4.63. The number of hydrogen-bond donors (Lipinski definition) is 0. The van der Waals surface area contributed by atoms with E-state index in [0.717, 1.165) is 5.52 Å². The average molecular weight is 281 g/mol. The summed E-state index contributed by atoms with van der Waals surface area (Å²) in [4.78, 5) is 4.48. The SMILES string of the molecule is COc1ccc(-c2nc3c(C#N)cccc3n2C)cc1F. The summed E-state index contributed by atoms with van der Waals surface area (Å²) < 4.78 is 20.6. The number of nitrogens with zero attached hydrogens (tertiary/aromatic N) is 3. The van der Waals surface area contributed by atoms with Crippen LogP contribution >= 0.6 is 0 Å². The van der Waals surface area contributed by atoms with Gasteiger partial charge in [-0.2, -0.15) is 5.26 Å². The lowest BCUT2D eigenvalue weighted by atomic mass is 10.2. The molecule has 0 N–H and O–H groups in total. The van der Waals surface area contributed by atoms with Crippen molar-refractivity contribution >= 4 is 11.0 Å². The van der Waals surface area contributed by atoms with E-state index in [9.17, 15) is 4.39 Å². The zero-order valence-electron chi connectivity index (χ0n) is 11.6. The van der Waals surface area contributed by atoms with Crippen molar-refractivity contribution in [1.82, 2.24) is 9.55 Å². The van der Waals surface area contributed by atoms with Gasteiger partial charge in [-0.05, 0) is 30.3 Å². The lowest BCUT2D eigenvalue weighted by Gasteiger charge is -2.05. The molecule has 3 rings (SSSR count). The number of imidazole rings is 1. The van der Waals surface area contributed by atoms with Gasteiger partial charge in [0.2, 0.25) is 0 Å². The second-order valence-electron chi connectivity index (χ2n) is 4.63. The molecule has 0 atom stereocenters. The minimum Gasteiger partial charge on any atom is -0.494 e. The highest BCUT2D eigenvalue weighted by atomic mass is 19.1. The highest BCUT2D eigenvalue weighted by Crippen LogP contribution is 2.28. The molecule has 0 fully saturated rings. The third kappa shape index (κ3) is 2.01. The van der Waals surface area contributed by atoms with E-state index >= 15 is 0 Å². The van der Waals surface area contributed by atoms with Crippen molar-refractivity contribution in [2.45, 2.75) is 0 Å². The molecule has 0 spiro atoms. The Morgan fingerprint density at radius 1 is 1.29 bits per heavy atom. The van der Waals surface area contributed by atoms with Crippen molar-refractivity contribution in [3.8, 4) is 23.2 Å². The first-order valence-electron chi connectivity index (χ1n) is 6.35.